The molecule has 194 valence electrons. The largest absolute Gasteiger partial charge is 0.458 e. The molecule has 2 aliphatic heterocycles. The molecule has 4 rings (SSSR count). The second kappa shape index (κ2) is 11.4. The van der Waals surface area contributed by atoms with Crippen LogP contribution in [0.4, 0.5) is 0 Å². The zero-order chi connectivity index (χ0) is 24.3. The van der Waals surface area contributed by atoms with Crippen molar-refractivity contribution in [1.82, 2.24) is 9.80 Å². The number of fused-ring (bicyclic) bond motifs is 1. The summed E-state index contributed by atoms with van der Waals surface area (Å²) in [4.78, 5) is 17.1. The summed E-state index contributed by atoms with van der Waals surface area (Å²) in [6, 6.07) is 0.719. The first-order valence-electron chi connectivity index (χ1n) is 14.3. The SMILES string of the molecule is CC(=O)O[C@@H]1C[C@@]2(O)[C@H](C)CC[C@@H](C(C)CN3CCCCC3CCN3CCCCC3)[C@H]2C=C1C. The number of likely N-dealkylation sites (tertiary alicyclic amines) is 2. The smallest absolute Gasteiger partial charge is 0.303 e. The molecule has 0 aromatic carbocycles. The molecule has 0 spiro atoms. The van der Waals surface area contributed by atoms with Gasteiger partial charge in [0.25, 0.3) is 0 Å². The van der Waals surface area contributed by atoms with Crippen molar-refractivity contribution in [1.29, 1.82) is 0 Å². The standard InChI is InChI=1S/C29H50N2O3/c1-21-18-27-26(12-11-23(3)29(27,33)19-28(21)34-24(4)32)22(2)20-31-16-9-6-10-25(31)13-17-30-14-7-5-8-15-30/h18,22-23,25-28,33H,5-17,19-20H2,1-4H3/t22?,23-,25?,26+,27-,28-,29-/m1/s1. The lowest BCUT2D eigenvalue weighted by Gasteiger charge is -2.53. The lowest BCUT2D eigenvalue weighted by molar-refractivity contribution is -0.159. The van der Waals surface area contributed by atoms with E-state index in [1.807, 2.05) is 0 Å². The van der Waals surface area contributed by atoms with E-state index >= 15 is 0 Å². The van der Waals surface area contributed by atoms with Crippen molar-refractivity contribution < 1.29 is 14.6 Å². The average molecular weight is 475 g/mol. The van der Waals surface area contributed by atoms with Crippen molar-refractivity contribution in [3.63, 3.8) is 0 Å². The first-order chi connectivity index (χ1) is 16.3. The molecule has 7 atom stereocenters. The highest BCUT2D eigenvalue weighted by molar-refractivity contribution is 5.66. The fourth-order valence-electron chi connectivity index (χ4n) is 7.65. The molecule has 0 aromatic heterocycles. The Labute approximate surface area is 208 Å². The minimum Gasteiger partial charge on any atom is -0.458 e. The number of aliphatic hydroxyl groups is 1. The molecule has 2 unspecified atom stereocenters. The molecule has 34 heavy (non-hydrogen) atoms. The highest BCUT2D eigenvalue weighted by Crippen LogP contribution is 2.51. The van der Waals surface area contributed by atoms with Gasteiger partial charge in [-0.05, 0) is 101 Å². The first-order valence-corrected chi connectivity index (χ1v) is 14.3. The number of rotatable bonds is 7. The van der Waals surface area contributed by atoms with Crippen molar-refractivity contribution in [2.45, 2.75) is 110 Å². The molecule has 0 radical (unpaired) electrons. The summed E-state index contributed by atoms with van der Waals surface area (Å²) >= 11 is 0. The van der Waals surface area contributed by atoms with Gasteiger partial charge in [0.1, 0.15) is 6.10 Å². The maximum Gasteiger partial charge on any atom is 0.303 e. The second-order valence-electron chi connectivity index (χ2n) is 12.2. The molecule has 2 aliphatic carbocycles. The molecule has 2 saturated heterocycles. The fourth-order valence-corrected chi connectivity index (χ4v) is 7.65. The van der Waals surface area contributed by atoms with Crippen LogP contribution in [-0.2, 0) is 9.53 Å². The number of carbonyl (C=O) groups is 1. The number of nitrogens with zero attached hydrogens (tertiary/aromatic N) is 2. The zero-order valence-electron chi connectivity index (χ0n) is 22.3. The average Bonchev–Trinajstić information content (AvgIpc) is 2.81. The third kappa shape index (κ3) is 5.90. The Kier molecular flexibility index (Phi) is 8.80. The van der Waals surface area contributed by atoms with E-state index in [-0.39, 0.29) is 23.9 Å². The van der Waals surface area contributed by atoms with Gasteiger partial charge in [-0.2, -0.15) is 0 Å². The van der Waals surface area contributed by atoms with Crippen LogP contribution in [0.15, 0.2) is 11.6 Å². The Morgan fingerprint density at radius 1 is 1.15 bits per heavy atom. The van der Waals surface area contributed by atoms with Crippen LogP contribution in [0, 0.1) is 23.7 Å². The zero-order valence-corrected chi connectivity index (χ0v) is 22.3. The van der Waals surface area contributed by atoms with Crippen molar-refractivity contribution in [2.24, 2.45) is 23.7 Å². The van der Waals surface area contributed by atoms with Gasteiger partial charge in [-0.1, -0.05) is 32.8 Å². The van der Waals surface area contributed by atoms with Crippen molar-refractivity contribution >= 4 is 5.97 Å². The molecule has 5 nitrogen and oxygen atoms in total. The third-order valence-corrected chi connectivity index (χ3v) is 9.83. The highest BCUT2D eigenvalue weighted by Gasteiger charge is 2.52. The van der Waals surface area contributed by atoms with Gasteiger partial charge in [0.2, 0.25) is 0 Å². The molecule has 4 aliphatic rings. The second-order valence-corrected chi connectivity index (χ2v) is 12.2. The van der Waals surface area contributed by atoms with Crippen LogP contribution >= 0.6 is 0 Å². The molecule has 5 heteroatoms. The van der Waals surface area contributed by atoms with Crippen molar-refractivity contribution in [3.05, 3.63) is 11.6 Å². The predicted octanol–water partition coefficient (Wildman–Crippen LogP) is 5.03. The molecule has 2 heterocycles. The first kappa shape index (κ1) is 26.2. The van der Waals surface area contributed by atoms with Gasteiger partial charge < -0.3 is 19.6 Å². The Bertz CT molecular complexity index is 718. The molecule has 0 bridgehead atoms. The van der Waals surface area contributed by atoms with Crippen molar-refractivity contribution in [3.8, 4) is 0 Å². The topological polar surface area (TPSA) is 53.0 Å². The number of carbonyl (C=O) groups excluding carboxylic acids is 1. The van der Waals surface area contributed by atoms with E-state index in [1.54, 1.807) is 0 Å². The number of esters is 1. The summed E-state index contributed by atoms with van der Waals surface area (Å²) in [7, 11) is 0. The number of piperidine rings is 2. The van der Waals surface area contributed by atoms with Gasteiger partial charge >= 0.3 is 5.97 Å². The predicted molar refractivity (Wildman–Crippen MR) is 138 cm³/mol. The van der Waals surface area contributed by atoms with Crippen molar-refractivity contribution in [2.75, 3.05) is 32.7 Å². The van der Waals surface area contributed by atoms with E-state index < -0.39 is 5.60 Å². The van der Waals surface area contributed by atoms with E-state index in [2.05, 4.69) is 36.6 Å². The minimum atomic E-state index is -0.771. The summed E-state index contributed by atoms with van der Waals surface area (Å²) in [6.07, 6.45) is 14.3. The molecular formula is C29H50N2O3. The lowest BCUT2D eigenvalue weighted by Crippen LogP contribution is -2.56. The fraction of sp³-hybridized carbons (Fsp3) is 0.897. The summed E-state index contributed by atoms with van der Waals surface area (Å²) in [5.41, 5.74) is 0.348. The van der Waals surface area contributed by atoms with Gasteiger partial charge in [-0.15, -0.1) is 0 Å². The summed E-state index contributed by atoms with van der Waals surface area (Å²) in [5, 5.41) is 11.9. The quantitative estimate of drug-likeness (QED) is 0.414. The Hall–Kier alpha value is -0.910. The van der Waals surface area contributed by atoms with E-state index in [1.165, 1.54) is 84.5 Å². The van der Waals surface area contributed by atoms with Gasteiger partial charge in [-0.3, -0.25) is 4.79 Å². The van der Waals surface area contributed by atoms with Gasteiger partial charge in [0, 0.05) is 31.8 Å². The molecule has 0 aromatic rings. The van der Waals surface area contributed by atoms with E-state index in [9.17, 15) is 9.90 Å². The van der Waals surface area contributed by atoms with Crippen LogP contribution in [0.3, 0.4) is 0 Å². The maximum absolute atomic E-state index is 11.9. The Morgan fingerprint density at radius 2 is 1.88 bits per heavy atom. The molecular weight excluding hydrogens is 424 g/mol. The van der Waals surface area contributed by atoms with Crippen LogP contribution in [0.1, 0.15) is 91.9 Å². The molecule has 0 amide bonds. The summed E-state index contributed by atoms with van der Waals surface area (Å²) in [5.74, 6) is 1.17. The van der Waals surface area contributed by atoms with Crippen LogP contribution in [-0.4, -0.2) is 71.3 Å². The van der Waals surface area contributed by atoms with E-state index in [0.717, 1.165) is 24.6 Å². The molecule has 1 saturated carbocycles. The minimum absolute atomic E-state index is 0.162. The molecule has 1 N–H and O–H groups in total. The number of ether oxygens (including phenoxy) is 1. The third-order valence-electron chi connectivity index (χ3n) is 9.83. The van der Waals surface area contributed by atoms with E-state index in [0.29, 0.717) is 18.3 Å². The Morgan fingerprint density at radius 3 is 2.62 bits per heavy atom. The Balaban J connectivity index is 1.42. The number of hydrogen-bond donors (Lipinski definition) is 1. The van der Waals surface area contributed by atoms with Crippen LogP contribution in [0.2, 0.25) is 0 Å². The summed E-state index contributed by atoms with van der Waals surface area (Å²) in [6.45, 7) is 14.4. The van der Waals surface area contributed by atoms with Gasteiger partial charge in [-0.25, -0.2) is 0 Å². The lowest BCUT2D eigenvalue weighted by atomic mass is 9.57. The number of hydrogen-bond acceptors (Lipinski definition) is 5. The van der Waals surface area contributed by atoms with E-state index in [4.69, 9.17) is 4.74 Å². The monoisotopic (exact) mass is 474 g/mol. The van der Waals surface area contributed by atoms with Crippen LogP contribution in [0.5, 0.6) is 0 Å². The van der Waals surface area contributed by atoms with Gasteiger partial charge in [0.05, 0.1) is 5.60 Å². The van der Waals surface area contributed by atoms with Crippen LogP contribution < -0.4 is 0 Å². The summed E-state index contributed by atoms with van der Waals surface area (Å²) < 4.78 is 5.59. The van der Waals surface area contributed by atoms with Crippen LogP contribution in [0.25, 0.3) is 0 Å². The van der Waals surface area contributed by atoms with Gasteiger partial charge in [0.15, 0.2) is 0 Å². The highest BCUT2D eigenvalue weighted by atomic mass is 16.5. The molecule has 3 fully saturated rings. The maximum atomic E-state index is 11.9. The normalized spacial score (nSPS) is 38.6.